The maximum Gasteiger partial charge on any atom is 0.0319 e. The van der Waals surface area contributed by atoms with Gasteiger partial charge in [0.05, 0.1) is 0 Å². The first-order valence-corrected chi connectivity index (χ1v) is 4.06. The van der Waals surface area contributed by atoms with E-state index in [2.05, 4.69) is 17.2 Å². The van der Waals surface area contributed by atoms with Crippen LogP contribution < -0.4 is 0 Å². The lowest BCUT2D eigenvalue weighted by Gasteiger charge is -1.95. The van der Waals surface area contributed by atoms with Crippen LogP contribution in [-0.2, 0) is 0 Å². The average Bonchev–Trinajstić information content (AvgIpc) is 1.72. The van der Waals surface area contributed by atoms with Crippen LogP contribution in [0.2, 0.25) is 0 Å². The van der Waals surface area contributed by atoms with E-state index in [4.69, 9.17) is 0 Å². The van der Waals surface area contributed by atoms with Gasteiger partial charge >= 0.3 is 0 Å². The topological polar surface area (TPSA) is 0 Å². The van der Waals surface area contributed by atoms with Crippen molar-refractivity contribution >= 4 is 21.6 Å². The largest absolute Gasteiger partial charge is 0.0846 e. The van der Waals surface area contributed by atoms with Gasteiger partial charge in [0.2, 0.25) is 0 Å². The molecule has 1 aliphatic rings. The van der Waals surface area contributed by atoms with Crippen molar-refractivity contribution in [3.63, 3.8) is 0 Å². The molecule has 6 heavy (non-hydrogen) atoms. The van der Waals surface area contributed by atoms with Gasteiger partial charge in [-0.05, 0) is 11.8 Å². The Kier molecular flexibility index (Phi) is 1.98. The molecule has 0 fully saturated rings. The summed E-state index contributed by atoms with van der Waals surface area (Å²) in [6.45, 7) is 0. The lowest BCUT2D eigenvalue weighted by atomic mass is 10.5. The fourth-order valence-corrected chi connectivity index (χ4v) is 1.68. The van der Waals surface area contributed by atoms with Crippen molar-refractivity contribution in [2.75, 3.05) is 0 Å². The summed E-state index contributed by atoms with van der Waals surface area (Å²) in [5.74, 6) is 2.19. The minimum atomic E-state index is 1.14. The van der Waals surface area contributed by atoms with E-state index in [9.17, 15) is 0 Å². The first-order valence-electron chi connectivity index (χ1n) is 1.79. The van der Waals surface area contributed by atoms with E-state index in [1.165, 1.54) is 0 Å². The summed E-state index contributed by atoms with van der Waals surface area (Å²) in [6, 6.07) is 0. The molecule has 2 heteroatoms. The molecule has 0 bridgehead atoms. The van der Waals surface area contributed by atoms with Gasteiger partial charge in [0, 0.05) is 5.75 Å². The zero-order valence-corrected chi connectivity index (χ0v) is 4.89. The summed E-state index contributed by atoms with van der Waals surface area (Å²) in [7, 11) is 3.58. The van der Waals surface area contributed by atoms with E-state index in [1.807, 2.05) is 0 Å². The lowest BCUT2D eigenvalue weighted by molar-refractivity contribution is 1.38. The van der Waals surface area contributed by atoms with Crippen molar-refractivity contribution in [3.8, 4) is 0 Å². The van der Waals surface area contributed by atoms with E-state index < -0.39 is 0 Å². The van der Waals surface area contributed by atoms with Crippen molar-refractivity contribution in [1.82, 2.24) is 0 Å². The minimum absolute atomic E-state index is 1.14. The Bertz CT molecular complexity index is 50.6. The summed E-state index contributed by atoms with van der Waals surface area (Å²) < 4.78 is 0. The van der Waals surface area contributed by atoms with Crippen LogP contribution >= 0.6 is 21.6 Å². The Morgan fingerprint density at radius 1 is 1.33 bits per heavy atom. The average molecular weight is 117 g/mol. The van der Waals surface area contributed by atoms with Crippen molar-refractivity contribution in [2.45, 2.75) is 6.42 Å². The first-order chi connectivity index (χ1) is 3.00. The second kappa shape index (κ2) is 2.59. The minimum Gasteiger partial charge on any atom is -0.0846 e. The second-order valence-electron chi connectivity index (χ2n) is 0.967. The molecule has 0 aromatic rings. The van der Waals surface area contributed by atoms with E-state index in [0.29, 0.717) is 0 Å². The lowest BCUT2D eigenvalue weighted by Crippen LogP contribution is -1.64. The Hall–Kier alpha value is 0.440. The van der Waals surface area contributed by atoms with Crippen LogP contribution in [0.25, 0.3) is 0 Å². The molecule has 1 radical (unpaired) electrons. The van der Waals surface area contributed by atoms with E-state index >= 15 is 0 Å². The molecule has 1 aliphatic heterocycles. The van der Waals surface area contributed by atoms with Gasteiger partial charge in [-0.15, -0.1) is 0 Å². The van der Waals surface area contributed by atoms with Crippen LogP contribution in [0.15, 0.2) is 11.5 Å². The van der Waals surface area contributed by atoms with Gasteiger partial charge < -0.3 is 0 Å². The number of hydrogen-bond donors (Lipinski definition) is 0. The molecule has 33 valence electrons. The normalized spacial score (nSPS) is 21.3. The molecular formula is C4H5S2. The van der Waals surface area contributed by atoms with E-state index in [-0.39, 0.29) is 0 Å². The molecular weight excluding hydrogens is 112 g/mol. The molecule has 0 amide bonds. The van der Waals surface area contributed by atoms with Gasteiger partial charge in [-0.3, -0.25) is 0 Å². The van der Waals surface area contributed by atoms with Gasteiger partial charge in [-0.25, -0.2) is 0 Å². The summed E-state index contributed by atoms with van der Waals surface area (Å²) in [4.78, 5) is 0. The quantitative estimate of drug-likeness (QED) is 0.447. The zero-order valence-electron chi connectivity index (χ0n) is 3.26. The third-order valence-electron chi connectivity index (χ3n) is 0.508. The fraction of sp³-hybridized carbons (Fsp3) is 0.250. The van der Waals surface area contributed by atoms with Gasteiger partial charge in [-0.1, -0.05) is 27.7 Å². The van der Waals surface area contributed by atoms with Crippen molar-refractivity contribution in [3.05, 3.63) is 17.2 Å². The molecule has 0 aromatic carbocycles. The Morgan fingerprint density at radius 3 is 2.50 bits per heavy atom. The maximum absolute atomic E-state index is 2.19. The van der Waals surface area contributed by atoms with Crippen LogP contribution in [0, 0.1) is 5.75 Å². The highest BCUT2D eigenvalue weighted by Crippen LogP contribution is 2.30. The van der Waals surface area contributed by atoms with Crippen LogP contribution in [-0.4, -0.2) is 0 Å². The van der Waals surface area contributed by atoms with Crippen LogP contribution in [0.4, 0.5) is 0 Å². The summed E-state index contributed by atoms with van der Waals surface area (Å²) in [5.41, 5.74) is 0. The van der Waals surface area contributed by atoms with Gasteiger partial charge in [0.1, 0.15) is 0 Å². The summed E-state index contributed by atoms with van der Waals surface area (Å²) in [5, 5.41) is 2.12. The summed E-state index contributed by atoms with van der Waals surface area (Å²) >= 11 is 0. The first kappa shape index (κ1) is 4.60. The zero-order chi connectivity index (χ0) is 4.24. The summed E-state index contributed by atoms with van der Waals surface area (Å²) in [6.07, 6.45) is 3.29. The Balaban J connectivity index is 2.26. The molecule has 0 saturated carbocycles. The molecule has 0 nitrogen and oxygen atoms in total. The van der Waals surface area contributed by atoms with Gasteiger partial charge in [0.25, 0.3) is 0 Å². The molecule has 0 saturated heterocycles. The highest BCUT2D eigenvalue weighted by Gasteiger charge is 1.88. The fourth-order valence-electron chi connectivity index (χ4n) is 0.261. The molecule has 0 unspecified atom stereocenters. The van der Waals surface area contributed by atoms with Crippen molar-refractivity contribution in [2.24, 2.45) is 0 Å². The maximum atomic E-state index is 2.19. The highest BCUT2D eigenvalue weighted by molar-refractivity contribution is 8.78. The monoisotopic (exact) mass is 117 g/mol. The molecule has 0 aromatic heterocycles. The van der Waals surface area contributed by atoms with Crippen LogP contribution in [0.1, 0.15) is 6.42 Å². The third kappa shape index (κ3) is 1.27. The van der Waals surface area contributed by atoms with E-state index in [0.717, 1.165) is 6.42 Å². The van der Waals surface area contributed by atoms with Gasteiger partial charge in [-0.2, -0.15) is 0 Å². The standard InChI is InChI=1S/C4H5S2/c1-2-4-6-5-3-1/h1,3-4H,2H2. The molecule has 1 rings (SSSR count). The smallest absolute Gasteiger partial charge is 0.0319 e. The third-order valence-corrected chi connectivity index (χ3v) is 2.33. The predicted molar refractivity (Wildman–Crippen MR) is 33.2 cm³/mol. The number of hydrogen-bond acceptors (Lipinski definition) is 2. The molecule has 0 aliphatic carbocycles. The molecule has 0 atom stereocenters. The van der Waals surface area contributed by atoms with Crippen LogP contribution in [0.3, 0.4) is 0 Å². The van der Waals surface area contributed by atoms with Crippen molar-refractivity contribution < 1.29 is 0 Å². The second-order valence-corrected chi connectivity index (χ2v) is 3.11. The van der Waals surface area contributed by atoms with Crippen molar-refractivity contribution in [1.29, 1.82) is 0 Å². The Morgan fingerprint density at radius 2 is 2.33 bits per heavy atom. The Labute approximate surface area is 45.8 Å². The molecule has 0 spiro atoms. The van der Waals surface area contributed by atoms with Crippen LogP contribution in [0.5, 0.6) is 0 Å². The molecule has 1 heterocycles. The van der Waals surface area contributed by atoms with E-state index in [1.54, 1.807) is 21.6 Å². The number of rotatable bonds is 0. The highest BCUT2D eigenvalue weighted by atomic mass is 33.1. The molecule has 0 N–H and O–H groups in total. The SMILES string of the molecule is [CH]1CC=CSS1. The van der Waals surface area contributed by atoms with Gasteiger partial charge in [0.15, 0.2) is 0 Å². The predicted octanol–water partition coefficient (Wildman–Crippen LogP) is 2.45. The number of allylic oxidation sites excluding steroid dienone is 1.